The minimum absolute atomic E-state index is 0.0688. The van der Waals surface area contributed by atoms with Crippen LogP contribution in [0.5, 0.6) is 5.95 Å². The van der Waals surface area contributed by atoms with Crippen LogP contribution in [0.1, 0.15) is 28.9 Å². The van der Waals surface area contributed by atoms with E-state index in [1.54, 1.807) is 24.3 Å². The number of halogens is 3. The minimum Gasteiger partial charge on any atom is -0.464 e. The average molecular weight is 327 g/mol. The van der Waals surface area contributed by atoms with E-state index < -0.39 is 29.7 Å². The van der Waals surface area contributed by atoms with Crippen LogP contribution in [0.2, 0.25) is 0 Å². The summed E-state index contributed by atoms with van der Waals surface area (Å²) in [6, 6.07) is 8.87. The van der Waals surface area contributed by atoms with Gasteiger partial charge in [0.15, 0.2) is 0 Å². The smallest absolute Gasteiger partial charge is 0.440 e. The molecule has 1 aromatic carbocycles. The molecule has 2 rings (SSSR count). The molecule has 1 heterocycles. The first kappa shape index (κ1) is 16.6. The third-order valence-corrected chi connectivity index (χ3v) is 2.55. The monoisotopic (exact) mass is 327 g/mol. The molecule has 0 aliphatic heterocycles. The summed E-state index contributed by atoms with van der Waals surface area (Å²) in [6.45, 7) is 1.41. The van der Waals surface area contributed by atoms with Gasteiger partial charge < -0.3 is 13.9 Å². The predicted octanol–water partition coefficient (Wildman–Crippen LogP) is 3.92. The summed E-state index contributed by atoms with van der Waals surface area (Å²) in [5, 5.41) is 0. The Kier molecular flexibility index (Phi) is 5.05. The number of rotatable bonds is 5. The number of carbonyl (C=O) groups excluding carboxylic acids is 1. The van der Waals surface area contributed by atoms with E-state index in [1.807, 2.05) is 6.07 Å². The van der Waals surface area contributed by atoms with Crippen LogP contribution in [0.25, 0.3) is 6.08 Å². The molecule has 5 nitrogen and oxygen atoms in total. The topological polar surface area (TPSA) is 61.6 Å². The maximum atomic E-state index is 12.8. The molecule has 122 valence electrons. The second-order valence-corrected chi connectivity index (χ2v) is 4.20. The van der Waals surface area contributed by atoms with Crippen LogP contribution in [0.4, 0.5) is 13.2 Å². The van der Waals surface area contributed by atoms with E-state index in [9.17, 15) is 18.0 Å². The molecule has 0 bridgehead atoms. The Balaban J connectivity index is 2.12. The van der Waals surface area contributed by atoms with Crippen molar-refractivity contribution in [2.24, 2.45) is 0 Å². The largest absolute Gasteiger partial charge is 0.464 e. The van der Waals surface area contributed by atoms with Crippen molar-refractivity contribution < 1.29 is 31.9 Å². The number of hydrogen-bond donors (Lipinski definition) is 0. The van der Waals surface area contributed by atoms with Gasteiger partial charge in [0.1, 0.15) is 0 Å². The number of benzene rings is 1. The molecule has 0 spiro atoms. The van der Waals surface area contributed by atoms with E-state index >= 15 is 0 Å². The van der Waals surface area contributed by atoms with Crippen molar-refractivity contribution in [3.8, 4) is 5.95 Å². The van der Waals surface area contributed by atoms with Crippen LogP contribution < -0.4 is 4.74 Å². The summed E-state index contributed by atoms with van der Waals surface area (Å²) < 4.78 is 52.3. The number of alkyl halides is 3. The highest BCUT2D eigenvalue weighted by Gasteiger charge is 2.41. The highest BCUT2D eigenvalue weighted by molar-refractivity contribution is 5.85. The van der Waals surface area contributed by atoms with Crippen LogP contribution in [-0.2, 0) is 10.9 Å². The van der Waals surface area contributed by atoms with Crippen molar-refractivity contribution in [3.63, 3.8) is 0 Å². The minimum atomic E-state index is -4.80. The highest BCUT2D eigenvalue weighted by atomic mass is 19.4. The third kappa shape index (κ3) is 4.35. The fourth-order valence-electron chi connectivity index (χ4n) is 1.59. The number of hydrogen-bond acceptors (Lipinski definition) is 5. The Hall–Kier alpha value is -2.77. The molecule has 0 unspecified atom stereocenters. The van der Waals surface area contributed by atoms with Gasteiger partial charge in [0.05, 0.1) is 12.9 Å². The molecule has 0 saturated heterocycles. The molecule has 2 aromatic rings. The molecular formula is C15H12F3NO4. The molecule has 0 radical (unpaired) electrons. The van der Waals surface area contributed by atoms with Crippen LogP contribution in [0.15, 0.2) is 41.0 Å². The van der Waals surface area contributed by atoms with Crippen LogP contribution in [0, 0.1) is 0 Å². The molecule has 23 heavy (non-hydrogen) atoms. The lowest BCUT2D eigenvalue weighted by Gasteiger charge is -2.03. The van der Waals surface area contributed by atoms with Gasteiger partial charge in [0.2, 0.25) is 5.69 Å². The van der Waals surface area contributed by atoms with Gasteiger partial charge in [-0.05, 0) is 18.6 Å². The van der Waals surface area contributed by atoms with Crippen LogP contribution >= 0.6 is 0 Å². The summed E-state index contributed by atoms with van der Waals surface area (Å²) in [6.07, 6.45) is -2.29. The van der Waals surface area contributed by atoms with Gasteiger partial charge in [0, 0.05) is 0 Å². The number of esters is 1. The molecule has 0 atom stereocenters. The molecule has 0 fully saturated rings. The number of carbonyl (C=O) groups is 1. The quantitative estimate of drug-likeness (QED) is 0.615. The highest BCUT2D eigenvalue weighted by Crippen LogP contribution is 2.36. The van der Waals surface area contributed by atoms with Gasteiger partial charge >= 0.3 is 24.0 Å². The Morgan fingerprint density at radius 1 is 1.30 bits per heavy atom. The lowest BCUT2D eigenvalue weighted by Crippen LogP contribution is -2.09. The zero-order chi connectivity index (χ0) is 16.9. The van der Waals surface area contributed by atoms with E-state index in [4.69, 9.17) is 9.47 Å². The standard InChI is InChI=1S/C15H12F3NO4/c1-2-21-14-11(15(16,17)18)19-12(23-14)13(20)22-9-8-10-6-4-3-5-7-10/h3-9H,2H2,1H3/b9-8+. The van der Waals surface area contributed by atoms with E-state index in [1.165, 1.54) is 13.0 Å². The third-order valence-electron chi connectivity index (χ3n) is 2.55. The summed E-state index contributed by atoms with van der Waals surface area (Å²) in [7, 11) is 0. The molecule has 0 N–H and O–H groups in total. The zero-order valence-electron chi connectivity index (χ0n) is 12.0. The number of aromatic nitrogens is 1. The van der Waals surface area contributed by atoms with Gasteiger partial charge in [-0.1, -0.05) is 30.3 Å². The average Bonchev–Trinajstić information content (AvgIpc) is 2.93. The van der Waals surface area contributed by atoms with Crippen molar-refractivity contribution in [2.75, 3.05) is 6.61 Å². The summed E-state index contributed by atoms with van der Waals surface area (Å²) in [5.74, 6) is -2.86. The predicted molar refractivity (Wildman–Crippen MR) is 73.6 cm³/mol. The SMILES string of the molecule is CCOc1oc(C(=O)O/C=C/c2ccccc2)nc1C(F)(F)F. The lowest BCUT2D eigenvalue weighted by molar-refractivity contribution is -0.142. The van der Waals surface area contributed by atoms with Gasteiger partial charge in [-0.3, -0.25) is 0 Å². The fourth-order valence-corrected chi connectivity index (χ4v) is 1.59. The fraction of sp³-hybridized carbons (Fsp3) is 0.200. The van der Waals surface area contributed by atoms with Crippen molar-refractivity contribution in [2.45, 2.75) is 13.1 Å². The summed E-state index contributed by atoms with van der Waals surface area (Å²) in [4.78, 5) is 14.8. The summed E-state index contributed by atoms with van der Waals surface area (Å²) >= 11 is 0. The summed E-state index contributed by atoms with van der Waals surface area (Å²) in [5.41, 5.74) is -0.656. The first-order valence-electron chi connectivity index (χ1n) is 6.55. The Labute approximate surface area is 129 Å². The molecule has 0 aliphatic carbocycles. The first-order valence-corrected chi connectivity index (χ1v) is 6.55. The van der Waals surface area contributed by atoms with Crippen molar-refractivity contribution >= 4 is 12.0 Å². The van der Waals surface area contributed by atoms with Crippen molar-refractivity contribution in [1.29, 1.82) is 0 Å². The second-order valence-electron chi connectivity index (χ2n) is 4.20. The van der Waals surface area contributed by atoms with Crippen LogP contribution in [0.3, 0.4) is 0 Å². The van der Waals surface area contributed by atoms with Crippen LogP contribution in [-0.4, -0.2) is 17.6 Å². The van der Waals surface area contributed by atoms with Crippen molar-refractivity contribution in [1.82, 2.24) is 4.98 Å². The second kappa shape index (κ2) is 6.99. The molecule has 8 heteroatoms. The molecular weight excluding hydrogens is 315 g/mol. The van der Waals surface area contributed by atoms with Gasteiger partial charge in [-0.25, -0.2) is 4.79 Å². The van der Waals surface area contributed by atoms with Gasteiger partial charge in [0.25, 0.3) is 0 Å². The number of ether oxygens (including phenoxy) is 2. The van der Waals surface area contributed by atoms with Gasteiger partial charge in [-0.15, -0.1) is 0 Å². The van der Waals surface area contributed by atoms with E-state index in [0.29, 0.717) is 0 Å². The van der Waals surface area contributed by atoms with Crippen molar-refractivity contribution in [3.05, 3.63) is 53.7 Å². The molecule has 0 saturated carbocycles. The van der Waals surface area contributed by atoms with E-state index in [0.717, 1.165) is 11.8 Å². The lowest BCUT2D eigenvalue weighted by atomic mass is 10.2. The molecule has 0 aliphatic rings. The zero-order valence-corrected chi connectivity index (χ0v) is 12.0. The van der Waals surface area contributed by atoms with E-state index in [2.05, 4.69) is 9.40 Å². The van der Waals surface area contributed by atoms with Gasteiger partial charge in [-0.2, -0.15) is 18.2 Å². The van der Waals surface area contributed by atoms with E-state index in [-0.39, 0.29) is 6.61 Å². The normalized spacial score (nSPS) is 11.7. The Bertz CT molecular complexity index is 692. The first-order chi connectivity index (χ1) is 10.9. The Morgan fingerprint density at radius 3 is 2.61 bits per heavy atom. The maximum Gasteiger partial charge on any atom is 0.440 e. The molecule has 0 amide bonds. The number of oxazole rings is 1. The number of nitrogens with zero attached hydrogens (tertiary/aromatic N) is 1. The Morgan fingerprint density at radius 2 is 2.00 bits per heavy atom. The maximum absolute atomic E-state index is 12.8. The molecule has 1 aromatic heterocycles.